The van der Waals surface area contributed by atoms with Crippen molar-refractivity contribution in [1.29, 1.82) is 0 Å². The predicted octanol–water partition coefficient (Wildman–Crippen LogP) is 4.05. The quantitative estimate of drug-likeness (QED) is 0.497. The van der Waals surface area contributed by atoms with E-state index in [9.17, 15) is 9.18 Å². The fourth-order valence-corrected chi connectivity index (χ4v) is 3.08. The molecule has 7 nitrogen and oxygen atoms in total. The summed E-state index contributed by atoms with van der Waals surface area (Å²) in [6, 6.07) is 18.2. The molecule has 0 aliphatic carbocycles. The minimum Gasteiger partial charge on any atom is -0.438 e. The summed E-state index contributed by atoms with van der Waals surface area (Å²) in [7, 11) is 0. The highest BCUT2D eigenvalue weighted by molar-refractivity contribution is 5.85. The van der Waals surface area contributed by atoms with Crippen molar-refractivity contribution in [2.45, 2.75) is 13.8 Å². The number of anilines is 1. The molecule has 8 heteroatoms. The van der Waals surface area contributed by atoms with Crippen LogP contribution in [-0.2, 0) is 0 Å². The van der Waals surface area contributed by atoms with Crippen molar-refractivity contribution in [3.63, 3.8) is 0 Å². The number of nitrogens with zero attached hydrogens (tertiary/aromatic N) is 4. The molecular formula is C23H20FN5O2. The first-order valence-corrected chi connectivity index (χ1v) is 9.54. The Bertz CT molecular complexity index is 1310. The minimum atomic E-state index is -0.365. The molecule has 0 atom stereocenters. The summed E-state index contributed by atoms with van der Waals surface area (Å²) >= 11 is 0. The maximum absolute atomic E-state index is 13.3. The number of aryl methyl sites for hydroxylation is 2. The fraction of sp³-hybridized carbons (Fsp3) is 0.0870. The third-order valence-electron chi connectivity index (χ3n) is 4.57. The molecule has 156 valence electrons. The van der Waals surface area contributed by atoms with Crippen molar-refractivity contribution in [3.05, 3.63) is 99.7 Å². The number of rotatable bonds is 5. The summed E-state index contributed by atoms with van der Waals surface area (Å²) in [4.78, 5) is 12.3. The molecule has 2 heterocycles. The van der Waals surface area contributed by atoms with Crippen LogP contribution in [0.5, 0.6) is 11.6 Å². The Kier molecular flexibility index (Phi) is 5.36. The van der Waals surface area contributed by atoms with Crippen molar-refractivity contribution >= 4 is 12.0 Å². The van der Waals surface area contributed by atoms with Gasteiger partial charge in [0.1, 0.15) is 17.4 Å². The Hall–Kier alpha value is -4.20. The Morgan fingerprint density at radius 2 is 1.77 bits per heavy atom. The summed E-state index contributed by atoms with van der Waals surface area (Å²) in [5.74, 6) is 0.657. The van der Waals surface area contributed by atoms with Gasteiger partial charge in [0, 0.05) is 6.07 Å². The molecule has 0 saturated heterocycles. The number of para-hydroxylation sites is 1. The van der Waals surface area contributed by atoms with E-state index in [1.54, 1.807) is 24.6 Å². The zero-order valence-electron chi connectivity index (χ0n) is 17.0. The average Bonchev–Trinajstić information content (AvgIpc) is 3.05. The lowest BCUT2D eigenvalue weighted by atomic mass is 10.2. The van der Waals surface area contributed by atoms with Gasteiger partial charge in [0.2, 0.25) is 5.88 Å². The number of ether oxygens (including phenoxy) is 1. The largest absolute Gasteiger partial charge is 0.438 e. The van der Waals surface area contributed by atoms with Crippen molar-refractivity contribution in [2.75, 3.05) is 5.73 Å². The van der Waals surface area contributed by atoms with Gasteiger partial charge >= 0.3 is 0 Å². The molecule has 0 saturated carbocycles. The van der Waals surface area contributed by atoms with Gasteiger partial charge in [0.05, 0.1) is 23.2 Å². The summed E-state index contributed by atoms with van der Waals surface area (Å²) < 4.78 is 22.1. The number of hydrogen-bond acceptors (Lipinski definition) is 5. The topological polar surface area (TPSA) is 87.4 Å². The van der Waals surface area contributed by atoms with Crippen molar-refractivity contribution < 1.29 is 9.13 Å². The molecule has 2 N–H and O–H groups in total. The zero-order chi connectivity index (χ0) is 22.0. The molecule has 4 rings (SSSR count). The van der Waals surface area contributed by atoms with Crippen LogP contribution in [0.1, 0.15) is 16.8 Å². The number of pyridine rings is 1. The smallest absolute Gasteiger partial charge is 0.273 e. The monoisotopic (exact) mass is 417 g/mol. The number of hydrogen-bond donors (Lipinski definition) is 1. The second-order valence-electron chi connectivity index (χ2n) is 6.96. The molecular weight excluding hydrogens is 397 g/mol. The van der Waals surface area contributed by atoms with Crippen molar-refractivity contribution in [2.24, 2.45) is 5.10 Å². The highest BCUT2D eigenvalue weighted by atomic mass is 19.1. The van der Waals surface area contributed by atoms with Crippen LogP contribution in [0.3, 0.4) is 0 Å². The average molecular weight is 417 g/mol. The number of nitrogens with two attached hydrogens (primary N) is 1. The number of nitrogen functional groups attached to an aromatic ring is 1. The summed E-state index contributed by atoms with van der Waals surface area (Å²) in [5.41, 5.74) is 8.32. The molecule has 0 fully saturated rings. The van der Waals surface area contributed by atoms with Crippen LogP contribution in [0.4, 0.5) is 10.2 Å². The fourth-order valence-electron chi connectivity index (χ4n) is 3.08. The first-order valence-electron chi connectivity index (χ1n) is 9.54. The second-order valence-corrected chi connectivity index (χ2v) is 6.96. The molecule has 0 aliphatic heterocycles. The lowest BCUT2D eigenvalue weighted by Gasteiger charge is -2.10. The molecule has 0 amide bonds. The molecule has 2 aromatic carbocycles. The van der Waals surface area contributed by atoms with Gasteiger partial charge in [-0.1, -0.05) is 18.2 Å². The molecule has 4 aromatic rings. The summed E-state index contributed by atoms with van der Waals surface area (Å²) in [5, 5.41) is 8.84. The van der Waals surface area contributed by atoms with Gasteiger partial charge in [0.25, 0.3) is 5.56 Å². The van der Waals surface area contributed by atoms with E-state index < -0.39 is 0 Å². The van der Waals surface area contributed by atoms with Gasteiger partial charge in [-0.15, -0.1) is 0 Å². The molecule has 31 heavy (non-hydrogen) atoms. The van der Waals surface area contributed by atoms with Gasteiger partial charge in [-0.05, 0) is 61.9 Å². The van der Waals surface area contributed by atoms with Gasteiger partial charge in [-0.2, -0.15) is 19.6 Å². The molecule has 0 bridgehead atoms. The van der Waals surface area contributed by atoms with Crippen LogP contribution < -0.4 is 16.0 Å². The highest BCUT2D eigenvalue weighted by Gasteiger charge is 2.18. The van der Waals surface area contributed by atoms with Gasteiger partial charge in [-0.25, -0.2) is 4.39 Å². The van der Waals surface area contributed by atoms with Crippen LogP contribution in [0.15, 0.2) is 76.6 Å². The Morgan fingerprint density at radius 1 is 1.06 bits per heavy atom. The standard InChI is InChI=1S/C23H20FN5O2/c1-15-12-21(25)29(22(30)13-15)26-14-20-16(2)27-28(18-6-4-3-5-7-18)23(20)31-19-10-8-17(24)9-11-19/h3-14H,25H2,1-2H3/b26-14-. The Morgan fingerprint density at radius 3 is 2.45 bits per heavy atom. The van der Waals surface area contributed by atoms with Gasteiger partial charge in [-0.3, -0.25) is 4.79 Å². The first kappa shape index (κ1) is 20.1. The normalized spacial score (nSPS) is 11.2. The van der Waals surface area contributed by atoms with Crippen LogP contribution >= 0.6 is 0 Å². The first-order chi connectivity index (χ1) is 14.9. The highest BCUT2D eigenvalue weighted by Crippen LogP contribution is 2.29. The summed E-state index contributed by atoms with van der Waals surface area (Å²) in [6.07, 6.45) is 1.48. The van der Waals surface area contributed by atoms with Crippen molar-refractivity contribution in [1.82, 2.24) is 14.5 Å². The summed E-state index contributed by atoms with van der Waals surface area (Å²) in [6.45, 7) is 3.59. The second kappa shape index (κ2) is 8.27. The lowest BCUT2D eigenvalue weighted by Crippen LogP contribution is -2.19. The maximum atomic E-state index is 13.3. The van der Waals surface area contributed by atoms with E-state index in [2.05, 4.69) is 10.2 Å². The van der Waals surface area contributed by atoms with Crippen LogP contribution in [-0.4, -0.2) is 20.7 Å². The van der Waals surface area contributed by atoms with E-state index >= 15 is 0 Å². The SMILES string of the molecule is Cc1cc(N)n(/N=C\c2c(C)nn(-c3ccccc3)c2Oc2ccc(F)cc2)c(=O)c1. The van der Waals surface area contributed by atoms with Gasteiger partial charge in [0.15, 0.2) is 0 Å². The van der Waals surface area contributed by atoms with E-state index in [4.69, 9.17) is 10.5 Å². The third kappa shape index (κ3) is 4.23. The Labute approximate surface area is 177 Å². The lowest BCUT2D eigenvalue weighted by molar-refractivity contribution is 0.442. The predicted molar refractivity (Wildman–Crippen MR) is 118 cm³/mol. The van der Waals surface area contributed by atoms with E-state index in [1.165, 1.54) is 36.5 Å². The minimum absolute atomic E-state index is 0.218. The van der Waals surface area contributed by atoms with E-state index in [1.807, 2.05) is 30.3 Å². The van der Waals surface area contributed by atoms with E-state index in [0.29, 0.717) is 22.9 Å². The number of benzene rings is 2. The molecule has 2 aromatic heterocycles. The van der Waals surface area contributed by atoms with E-state index in [0.717, 1.165) is 15.9 Å². The number of aromatic nitrogens is 3. The Balaban J connectivity index is 1.83. The van der Waals surface area contributed by atoms with E-state index in [-0.39, 0.29) is 17.2 Å². The molecule has 0 aliphatic rings. The number of halogens is 1. The molecule has 0 unspecified atom stereocenters. The van der Waals surface area contributed by atoms with Crippen LogP contribution in [0.2, 0.25) is 0 Å². The molecule has 0 radical (unpaired) electrons. The molecule has 0 spiro atoms. The van der Waals surface area contributed by atoms with Crippen molar-refractivity contribution in [3.8, 4) is 17.3 Å². The third-order valence-corrected chi connectivity index (χ3v) is 4.57. The van der Waals surface area contributed by atoms with Crippen LogP contribution in [0.25, 0.3) is 5.69 Å². The van der Waals surface area contributed by atoms with Crippen LogP contribution in [0, 0.1) is 19.7 Å². The zero-order valence-corrected chi connectivity index (χ0v) is 17.0. The van der Waals surface area contributed by atoms with Gasteiger partial charge < -0.3 is 10.5 Å². The maximum Gasteiger partial charge on any atom is 0.273 e.